The quantitative estimate of drug-likeness (QED) is 0.923. The molecule has 1 aromatic heterocycles. The van der Waals surface area contributed by atoms with Crippen molar-refractivity contribution in [2.45, 2.75) is 26.8 Å². The van der Waals surface area contributed by atoms with Crippen LogP contribution in [0.15, 0.2) is 22.6 Å². The lowest BCUT2D eigenvalue weighted by atomic mass is 9.96. The number of methoxy groups -OCH3 is 1. The van der Waals surface area contributed by atoms with Crippen LogP contribution in [0.1, 0.15) is 34.3 Å². The van der Waals surface area contributed by atoms with Crippen molar-refractivity contribution in [3.8, 4) is 5.75 Å². The van der Waals surface area contributed by atoms with Gasteiger partial charge in [-0.2, -0.15) is 0 Å². The van der Waals surface area contributed by atoms with E-state index in [-0.39, 0.29) is 5.82 Å². The van der Waals surface area contributed by atoms with Crippen LogP contribution in [0.25, 0.3) is 0 Å². The lowest BCUT2D eigenvalue weighted by Gasteiger charge is -2.14. The van der Waals surface area contributed by atoms with E-state index in [1.165, 1.54) is 13.2 Å². The Hall–Kier alpha value is -1.81. The van der Waals surface area contributed by atoms with Gasteiger partial charge in [-0.3, -0.25) is 0 Å². The number of hydrogen-bond donors (Lipinski definition) is 1. The molecule has 102 valence electrons. The molecule has 3 nitrogen and oxygen atoms in total. The van der Waals surface area contributed by atoms with Crippen molar-refractivity contribution in [1.82, 2.24) is 0 Å². The van der Waals surface area contributed by atoms with Gasteiger partial charge in [-0.05, 0) is 32.4 Å². The third kappa shape index (κ3) is 2.36. The Labute approximate surface area is 112 Å². The summed E-state index contributed by atoms with van der Waals surface area (Å²) in [5, 5.41) is 0. The largest absolute Gasteiger partial charge is 0.497 e. The van der Waals surface area contributed by atoms with Crippen molar-refractivity contribution in [1.29, 1.82) is 0 Å². The summed E-state index contributed by atoms with van der Waals surface area (Å²) < 4.78 is 24.6. The zero-order chi connectivity index (χ0) is 14.2. The van der Waals surface area contributed by atoms with Crippen molar-refractivity contribution in [2.75, 3.05) is 7.11 Å². The van der Waals surface area contributed by atoms with Crippen molar-refractivity contribution < 1.29 is 13.5 Å². The molecule has 2 rings (SSSR count). The van der Waals surface area contributed by atoms with Crippen LogP contribution >= 0.6 is 0 Å². The first-order chi connectivity index (χ1) is 8.95. The Morgan fingerprint density at radius 1 is 1.21 bits per heavy atom. The van der Waals surface area contributed by atoms with E-state index in [1.54, 1.807) is 12.1 Å². The third-order valence-corrected chi connectivity index (χ3v) is 3.47. The summed E-state index contributed by atoms with van der Waals surface area (Å²) in [6.45, 7) is 5.65. The minimum atomic E-state index is -0.539. The van der Waals surface area contributed by atoms with Crippen LogP contribution in [-0.4, -0.2) is 7.11 Å². The number of ether oxygens (including phenoxy) is 1. The molecule has 19 heavy (non-hydrogen) atoms. The maximum Gasteiger partial charge on any atom is 0.132 e. The monoisotopic (exact) mass is 263 g/mol. The SMILES string of the molecule is COc1ccc(C(N)c2c(C)oc(C)c2C)c(F)c1. The molecule has 1 heterocycles. The van der Waals surface area contributed by atoms with Crippen LogP contribution < -0.4 is 10.5 Å². The number of furan rings is 1. The topological polar surface area (TPSA) is 48.4 Å². The normalized spacial score (nSPS) is 12.5. The lowest BCUT2D eigenvalue weighted by Crippen LogP contribution is -2.15. The van der Waals surface area contributed by atoms with Gasteiger partial charge in [-0.15, -0.1) is 0 Å². The summed E-state index contributed by atoms with van der Waals surface area (Å²) in [6.07, 6.45) is 0. The van der Waals surface area contributed by atoms with Gasteiger partial charge in [0, 0.05) is 17.2 Å². The molecule has 1 unspecified atom stereocenters. The second kappa shape index (κ2) is 5.05. The lowest BCUT2D eigenvalue weighted by molar-refractivity contribution is 0.410. The highest BCUT2D eigenvalue weighted by Gasteiger charge is 2.22. The van der Waals surface area contributed by atoms with Crippen molar-refractivity contribution in [3.63, 3.8) is 0 Å². The fourth-order valence-electron chi connectivity index (χ4n) is 2.31. The van der Waals surface area contributed by atoms with Gasteiger partial charge in [0.2, 0.25) is 0 Å². The average Bonchev–Trinajstić information content (AvgIpc) is 2.62. The molecule has 4 heteroatoms. The first kappa shape index (κ1) is 13.6. The van der Waals surface area contributed by atoms with Gasteiger partial charge in [0.05, 0.1) is 13.2 Å². The third-order valence-electron chi connectivity index (χ3n) is 3.47. The summed E-state index contributed by atoms with van der Waals surface area (Å²) in [6, 6.07) is 4.16. The van der Waals surface area contributed by atoms with Crippen LogP contribution in [0.4, 0.5) is 4.39 Å². The second-order valence-electron chi connectivity index (χ2n) is 4.62. The highest BCUT2D eigenvalue weighted by molar-refractivity contribution is 5.42. The maximum absolute atomic E-state index is 14.1. The number of aryl methyl sites for hydroxylation is 2. The molecule has 1 aromatic carbocycles. The van der Waals surface area contributed by atoms with E-state index in [2.05, 4.69) is 0 Å². The van der Waals surface area contributed by atoms with Gasteiger partial charge >= 0.3 is 0 Å². The summed E-state index contributed by atoms with van der Waals surface area (Å²) >= 11 is 0. The van der Waals surface area contributed by atoms with E-state index in [1.807, 2.05) is 20.8 Å². The van der Waals surface area contributed by atoms with E-state index in [0.29, 0.717) is 11.3 Å². The minimum absolute atomic E-state index is 0.371. The van der Waals surface area contributed by atoms with Crippen LogP contribution in [0.5, 0.6) is 5.75 Å². The zero-order valence-corrected chi connectivity index (χ0v) is 11.6. The Morgan fingerprint density at radius 3 is 2.37 bits per heavy atom. The summed E-state index contributed by atoms with van der Waals surface area (Å²) in [7, 11) is 1.50. The Balaban J connectivity index is 2.47. The highest BCUT2D eigenvalue weighted by atomic mass is 19.1. The van der Waals surface area contributed by atoms with Gasteiger partial charge in [0.25, 0.3) is 0 Å². The van der Waals surface area contributed by atoms with Crippen molar-refractivity contribution >= 4 is 0 Å². The predicted octanol–water partition coefficient (Wildman–Crippen LogP) is 3.40. The Kier molecular flexibility index (Phi) is 3.62. The van der Waals surface area contributed by atoms with Gasteiger partial charge in [-0.25, -0.2) is 4.39 Å². The molecule has 0 fully saturated rings. The van der Waals surface area contributed by atoms with Crippen molar-refractivity contribution in [2.24, 2.45) is 5.73 Å². The standard InChI is InChI=1S/C15H18FNO2/c1-8-9(2)19-10(3)14(8)15(17)12-6-5-11(18-4)7-13(12)16/h5-7,15H,17H2,1-4H3. The molecule has 0 aliphatic heterocycles. The number of rotatable bonds is 3. The van der Waals surface area contributed by atoms with Crippen LogP contribution in [-0.2, 0) is 0 Å². The maximum atomic E-state index is 14.1. The van der Waals surface area contributed by atoms with Crippen LogP contribution in [0, 0.1) is 26.6 Å². The van der Waals surface area contributed by atoms with E-state index in [4.69, 9.17) is 14.9 Å². The molecule has 0 saturated carbocycles. The fraction of sp³-hybridized carbons (Fsp3) is 0.333. The molecule has 2 aromatic rings. The minimum Gasteiger partial charge on any atom is -0.497 e. The molecule has 0 bridgehead atoms. The zero-order valence-electron chi connectivity index (χ0n) is 11.6. The van der Waals surface area contributed by atoms with Gasteiger partial charge in [0.1, 0.15) is 23.1 Å². The average molecular weight is 263 g/mol. The van der Waals surface area contributed by atoms with Gasteiger partial charge < -0.3 is 14.9 Å². The van der Waals surface area contributed by atoms with Crippen LogP contribution in [0.3, 0.4) is 0 Å². The number of hydrogen-bond acceptors (Lipinski definition) is 3. The smallest absolute Gasteiger partial charge is 0.132 e. The summed E-state index contributed by atoms with van der Waals surface area (Å²) in [5.41, 5.74) is 8.44. The van der Waals surface area contributed by atoms with Gasteiger partial charge in [0.15, 0.2) is 0 Å². The molecular weight excluding hydrogens is 245 g/mol. The molecule has 0 aliphatic carbocycles. The van der Waals surface area contributed by atoms with E-state index >= 15 is 0 Å². The predicted molar refractivity (Wildman–Crippen MR) is 71.9 cm³/mol. The van der Waals surface area contributed by atoms with E-state index in [0.717, 1.165) is 22.6 Å². The van der Waals surface area contributed by atoms with Crippen molar-refractivity contribution in [3.05, 3.63) is 52.2 Å². The van der Waals surface area contributed by atoms with Crippen LogP contribution in [0.2, 0.25) is 0 Å². The van der Waals surface area contributed by atoms with E-state index < -0.39 is 6.04 Å². The fourth-order valence-corrected chi connectivity index (χ4v) is 2.31. The molecular formula is C15H18FNO2. The summed E-state index contributed by atoms with van der Waals surface area (Å²) in [5.74, 6) is 1.66. The van der Waals surface area contributed by atoms with Gasteiger partial charge in [-0.1, -0.05) is 6.07 Å². The van der Waals surface area contributed by atoms with E-state index in [9.17, 15) is 4.39 Å². The molecule has 0 saturated heterocycles. The first-order valence-electron chi connectivity index (χ1n) is 6.11. The summed E-state index contributed by atoms with van der Waals surface area (Å²) in [4.78, 5) is 0. The molecule has 0 spiro atoms. The molecule has 0 aliphatic rings. The number of nitrogens with two attached hydrogens (primary N) is 1. The molecule has 2 N–H and O–H groups in total. The Morgan fingerprint density at radius 2 is 1.89 bits per heavy atom. The first-order valence-corrected chi connectivity index (χ1v) is 6.11. The Bertz CT molecular complexity index is 604. The molecule has 0 amide bonds. The highest BCUT2D eigenvalue weighted by Crippen LogP contribution is 2.31. The number of benzene rings is 1. The number of halogens is 1. The molecule has 1 atom stereocenters. The second-order valence-corrected chi connectivity index (χ2v) is 4.62. The molecule has 0 radical (unpaired) electrons.